The highest BCUT2D eigenvalue weighted by atomic mass is 35.5. The van der Waals surface area contributed by atoms with Gasteiger partial charge in [0.2, 0.25) is 0 Å². The van der Waals surface area contributed by atoms with Crippen LogP contribution in [0.25, 0.3) is 10.9 Å². The summed E-state index contributed by atoms with van der Waals surface area (Å²) >= 11 is 6.26. The van der Waals surface area contributed by atoms with Gasteiger partial charge >= 0.3 is 0 Å². The quantitative estimate of drug-likeness (QED) is 0.706. The van der Waals surface area contributed by atoms with Crippen molar-refractivity contribution in [2.75, 3.05) is 13.6 Å². The van der Waals surface area contributed by atoms with E-state index in [0.29, 0.717) is 12.1 Å². The van der Waals surface area contributed by atoms with E-state index in [1.165, 1.54) is 11.3 Å². The molecule has 3 aromatic rings. The number of nitrogens with zero attached hydrogens (tertiary/aromatic N) is 2. The molecule has 0 spiro atoms. The molecule has 0 saturated carbocycles. The summed E-state index contributed by atoms with van der Waals surface area (Å²) in [5.41, 5.74) is 4.02. The van der Waals surface area contributed by atoms with Crippen LogP contribution in [-0.4, -0.2) is 28.2 Å². The summed E-state index contributed by atoms with van der Waals surface area (Å²) in [7, 11) is 2.12. The minimum atomic E-state index is -1.06. The highest BCUT2D eigenvalue weighted by molar-refractivity contribution is 6.31. The number of benzene rings is 2. The van der Waals surface area contributed by atoms with Crippen molar-refractivity contribution < 1.29 is 9.50 Å². The first kappa shape index (κ1) is 18.5. The molecule has 3 nitrogen and oxygen atoms in total. The molecule has 0 saturated heterocycles. The lowest BCUT2D eigenvalue weighted by Gasteiger charge is -2.29. The molecule has 2 aromatic carbocycles. The molecule has 1 unspecified atom stereocenters. The first-order chi connectivity index (χ1) is 12.9. The second kappa shape index (κ2) is 6.93. The number of hydrogen-bond donors (Lipinski definition) is 1. The predicted molar refractivity (Wildman–Crippen MR) is 108 cm³/mol. The molecule has 0 fully saturated rings. The number of rotatable bonds is 4. The zero-order valence-corrected chi connectivity index (χ0v) is 16.4. The van der Waals surface area contributed by atoms with Gasteiger partial charge in [0.25, 0.3) is 0 Å². The zero-order valence-electron chi connectivity index (χ0n) is 15.7. The summed E-state index contributed by atoms with van der Waals surface area (Å²) in [6, 6.07) is 13.1. The van der Waals surface area contributed by atoms with Crippen molar-refractivity contribution in [3.63, 3.8) is 0 Å². The van der Waals surface area contributed by atoms with Gasteiger partial charge in [0.15, 0.2) is 0 Å². The summed E-state index contributed by atoms with van der Waals surface area (Å²) in [6.45, 7) is 3.64. The molecular formula is C22H24ClFN2O. The normalized spacial score (nSPS) is 17.1. The van der Waals surface area contributed by atoms with E-state index in [0.717, 1.165) is 41.0 Å². The molecule has 0 amide bonds. The van der Waals surface area contributed by atoms with Gasteiger partial charge in [-0.3, -0.25) is 0 Å². The molecule has 0 bridgehead atoms. The standard InChI is InChI=1S/C22H24ClFN2O/c1-22(27,16-5-3-15(12-24)4-6-16)14-26-20-8-7-17(23)11-18(20)19-13-25(2)10-9-21(19)26/h3-8,11,27H,9-10,12-14H2,1-2H3. The van der Waals surface area contributed by atoms with E-state index in [4.69, 9.17) is 11.6 Å². The number of likely N-dealkylation sites (N-methyl/N-ethyl adjacent to an activating group) is 1. The molecule has 2 heterocycles. The van der Waals surface area contributed by atoms with Crippen LogP contribution < -0.4 is 0 Å². The maximum absolute atomic E-state index is 12.8. The second-order valence-corrected chi connectivity index (χ2v) is 8.20. The number of halogens is 2. The largest absolute Gasteiger partial charge is 0.384 e. The fourth-order valence-electron chi connectivity index (χ4n) is 4.09. The van der Waals surface area contributed by atoms with Gasteiger partial charge in [0, 0.05) is 41.1 Å². The molecule has 1 aliphatic rings. The van der Waals surface area contributed by atoms with Gasteiger partial charge in [-0.05, 0) is 48.9 Å². The third-order valence-electron chi connectivity index (χ3n) is 5.60. The fraction of sp³-hybridized carbons (Fsp3) is 0.364. The van der Waals surface area contributed by atoms with E-state index < -0.39 is 12.3 Å². The number of hydrogen-bond acceptors (Lipinski definition) is 2. The van der Waals surface area contributed by atoms with Crippen LogP contribution in [0.15, 0.2) is 42.5 Å². The first-order valence-electron chi connectivity index (χ1n) is 9.25. The Morgan fingerprint density at radius 1 is 1.19 bits per heavy atom. The zero-order chi connectivity index (χ0) is 19.2. The Labute approximate surface area is 164 Å². The Hall–Kier alpha value is -1.88. The summed E-state index contributed by atoms with van der Waals surface area (Å²) in [4.78, 5) is 2.31. The van der Waals surface area contributed by atoms with E-state index in [9.17, 15) is 9.50 Å². The Morgan fingerprint density at radius 2 is 1.93 bits per heavy atom. The van der Waals surface area contributed by atoms with Gasteiger partial charge in [0.05, 0.1) is 6.54 Å². The Morgan fingerprint density at radius 3 is 2.63 bits per heavy atom. The van der Waals surface area contributed by atoms with Crippen molar-refractivity contribution in [3.8, 4) is 0 Å². The number of aliphatic hydroxyl groups is 1. The van der Waals surface area contributed by atoms with Crippen LogP contribution in [-0.2, 0) is 31.8 Å². The molecule has 0 aliphatic carbocycles. The Kier molecular flexibility index (Phi) is 4.75. The number of alkyl halides is 1. The van der Waals surface area contributed by atoms with E-state index in [1.807, 2.05) is 37.3 Å². The van der Waals surface area contributed by atoms with Crippen LogP contribution >= 0.6 is 11.6 Å². The molecule has 1 aromatic heterocycles. The topological polar surface area (TPSA) is 28.4 Å². The molecular weight excluding hydrogens is 363 g/mol. The molecule has 1 atom stereocenters. The van der Waals surface area contributed by atoms with Crippen molar-refractivity contribution in [2.45, 2.75) is 38.7 Å². The highest BCUT2D eigenvalue weighted by Gasteiger charge is 2.29. The van der Waals surface area contributed by atoms with Crippen LogP contribution in [0.5, 0.6) is 0 Å². The average molecular weight is 387 g/mol. The Balaban J connectivity index is 1.79. The minimum Gasteiger partial charge on any atom is -0.384 e. The lowest BCUT2D eigenvalue weighted by Crippen LogP contribution is -2.31. The molecule has 1 aliphatic heterocycles. The maximum atomic E-state index is 12.8. The van der Waals surface area contributed by atoms with Gasteiger partial charge in [-0.1, -0.05) is 35.9 Å². The predicted octanol–water partition coefficient (Wildman–Crippen LogP) is 4.66. The van der Waals surface area contributed by atoms with E-state index in [-0.39, 0.29) is 0 Å². The summed E-state index contributed by atoms with van der Waals surface area (Å²) < 4.78 is 15.0. The van der Waals surface area contributed by atoms with Crippen molar-refractivity contribution in [2.24, 2.45) is 0 Å². The summed E-state index contributed by atoms with van der Waals surface area (Å²) in [5, 5.41) is 13.1. The third kappa shape index (κ3) is 3.38. The fourth-order valence-corrected chi connectivity index (χ4v) is 4.26. The first-order valence-corrected chi connectivity index (χ1v) is 9.62. The van der Waals surface area contributed by atoms with Gasteiger partial charge in [-0.25, -0.2) is 4.39 Å². The van der Waals surface area contributed by atoms with E-state index >= 15 is 0 Å². The Bertz CT molecular complexity index is 978. The van der Waals surface area contributed by atoms with Crippen LogP contribution in [0, 0.1) is 0 Å². The molecule has 4 rings (SSSR count). The monoisotopic (exact) mass is 386 g/mol. The van der Waals surface area contributed by atoms with Gasteiger partial charge in [-0.15, -0.1) is 0 Å². The van der Waals surface area contributed by atoms with Crippen molar-refractivity contribution in [3.05, 3.63) is 69.9 Å². The highest BCUT2D eigenvalue weighted by Crippen LogP contribution is 2.35. The van der Waals surface area contributed by atoms with Crippen molar-refractivity contribution in [1.82, 2.24) is 9.47 Å². The minimum absolute atomic E-state index is 0.444. The summed E-state index contributed by atoms with van der Waals surface area (Å²) in [6.07, 6.45) is 0.939. The van der Waals surface area contributed by atoms with E-state index in [1.54, 1.807) is 12.1 Å². The lowest BCUT2D eigenvalue weighted by molar-refractivity contribution is 0.0385. The average Bonchev–Trinajstić information content (AvgIpc) is 2.94. The maximum Gasteiger partial charge on any atom is 0.115 e. The molecule has 0 radical (unpaired) electrons. The third-order valence-corrected chi connectivity index (χ3v) is 5.84. The van der Waals surface area contributed by atoms with Crippen LogP contribution in [0.4, 0.5) is 4.39 Å². The van der Waals surface area contributed by atoms with Gasteiger partial charge in [-0.2, -0.15) is 0 Å². The van der Waals surface area contributed by atoms with Gasteiger partial charge in [0.1, 0.15) is 12.3 Å². The summed E-state index contributed by atoms with van der Waals surface area (Å²) in [5.74, 6) is 0. The molecule has 27 heavy (non-hydrogen) atoms. The lowest BCUT2D eigenvalue weighted by atomic mass is 9.94. The number of aromatic nitrogens is 1. The van der Waals surface area contributed by atoms with Gasteiger partial charge < -0.3 is 14.6 Å². The molecule has 142 valence electrons. The molecule has 1 N–H and O–H groups in total. The van der Waals surface area contributed by atoms with E-state index in [2.05, 4.69) is 16.5 Å². The molecule has 5 heteroatoms. The van der Waals surface area contributed by atoms with Crippen molar-refractivity contribution >= 4 is 22.5 Å². The van der Waals surface area contributed by atoms with Crippen LogP contribution in [0.1, 0.15) is 29.3 Å². The van der Waals surface area contributed by atoms with Crippen molar-refractivity contribution in [1.29, 1.82) is 0 Å². The number of fused-ring (bicyclic) bond motifs is 3. The second-order valence-electron chi connectivity index (χ2n) is 7.77. The van der Waals surface area contributed by atoms with Crippen LogP contribution in [0.2, 0.25) is 5.02 Å². The van der Waals surface area contributed by atoms with Crippen LogP contribution in [0.3, 0.4) is 0 Å². The smallest absolute Gasteiger partial charge is 0.115 e. The SMILES string of the molecule is CN1CCc2c(c3cc(Cl)ccc3n2CC(C)(O)c2ccc(CF)cc2)C1.